The lowest BCUT2D eigenvalue weighted by atomic mass is 10.2. The van der Waals surface area contributed by atoms with Gasteiger partial charge in [0, 0.05) is 38.2 Å². The third-order valence-corrected chi connectivity index (χ3v) is 5.19. The number of aryl methyl sites for hydroxylation is 2. The minimum Gasteiger partial charge on any atom is -0.444 e. The molecule has 10 heteroatoms. The van der Waals surface area contributed by atoms with Crippen molar-refractivity contribution in [1.29, 1.82) is 0 Å². The van der Waals surface area contributed by atoms with Crippen LogP contribution in [0.4, 0.5) is 0 Å². The fourth-order valence-corrected chi connectivity index (χ4v) is 3.62. The highest BCUT2D eigenvalue weighted by Gasteiger charge is 2.16. The van der Waals surface area contributed by atoms with Crippen LogP contribution in [0.2, 0.25) is 0 Å². The number of nitrogens with one attached hydrogen (secondary N) is 2. The third kappa shape index (κ3) is 5.99. The highest BCUT2D eigenvalue weighted by molar-refractivity contribution is 14.0. The Kier molecular flexibility index (Phi) is 8.89. The predicted octanol–water partition coefficient (Wildman–Crippen LogP) is 2.80. The molecule has 32 heavy (non-hydrogen) atoms. The molecule has 3 heterocycles. The first kappa shape index (κ1) is 24.0. The average molecular weight is 551 g/mol. The molecular weight excluding hydrogens is 521 g/mol. The van der Waals surface area contributed by atoms with Crippen molar-refractivity contribution in [1.82, 2.24) is 30.0 Å². The maximum Gasteiger partial charge on any atom is 0.345 e. The van der Waals surface area contributed by atoms with Gasteiger partial charge in [0.15, 0.2) is 5.96 Å². The van der Waals surface area contributed by atoms with Gasteiger partial charge in [0.2, 0.25) is 5.89 Å². The minimum absolute atomic E-state index is 0. The number of rotatable bonds is 8. The summed E-state index contributed by atoms with van der Waals surface area (Å²) in [6, 6.07) is 9.80. The van der Waals surface area contributed by atoms with Crippen molar-refractivity contribution in [2.75, 3.05) is 13.1 Å². The molecule has 1 aliphatic heterocycles. The molecule has 172 valence electrons. The van der Waals surface area contributed by atoms with E-state index in [1.54, 1.807) is 10.9 Å². The van der Waals surface area contributed by atoms with Crippen LogP contribution >= 0.6 is 24.0 Å². The van der Waals surface area contributed by atoms with E-state index in [-0.39, 0.29) is 29.7 Å². The molecule has 0 aliphatic carbocycles. The Morgan fingerprint density at radius 3 is 2.84 bits per heavy atom. The van der Waals surface area contributed by atoms with Gasteiger partial charge < -0.3 is 15.1 Å². The fraction of sp³-hybridized carbons (Fsp3) is 0.455. The highest BCUT2D eigenvalue weighted by atomic mass is 127. The van der Waals surface area contributed by atoms with Gasteiger partial charge in [-0.2, -0.15) is 5.10 Å². The molecule has 9 nitrogen and oxygen atoms in total. The summed E-state index contributed by atoms with van der Waals surface area (Å²) in [4.78, 5) is 21.5. The minimum atomic E-state index is 0. The Morgan fingerprint density at radius 2 is 2.06 bits per heavy atom. The smallest absolute Gasteiger partial charge is 0.345 e. The summed E-state index contributed by atoms with van der Waals surface area (Å²) < 4.78 is 8.97. The zero-order valence-electron chi connectivity index (χ0n) is 18.3. The first-order chi connectivity index (χ1) is 15.2. The van der Waals surface area contributed by atoms with Crippen LogP contribution in [0.1, 0.15) is 37.7 Å². The predicted molar refractivity (Wildman–Crippen MR) is 134 cm³/mol. The van der Waals surface area contributed by atoms with Crippen molar-refractivity contribution >= 4 is 29.9 Å². The van der Waals surface area contributed by atoms with E-state index in [0.717, 1.165) is 55.9 Å². The Morgan fingerprint density at radius 1 is 1.22 bits per heavy atom. The van der Waals surface area contributed by atoms with Crippen LogP contribution in [0.25, 0.3) is 11.5 Å². The van der Waals surface area contributed by atoms with Crippen molar-refractivity contribution in [2.45, 2.75) is 52.2 Å². The lowest BCUT2D eigenvalue weighted by molar-refractivity contribution is 0.509. The van der Waals surface area contributed by atoms with Crippen LogP contribution in [0.15, 0.2) is 50.8 Å². The summed E-state index contributed by atoms with van der Waals surface area (Å²) in [5.74, 6) is 2.22. The molecular formula is C22H30IN7O2. The lowest BCUT2D eigenvalue weighted by Crippen LogP contribution is -2.38. The molecule has 0 bridgehead atoms. The topological polar surface area (TPSA) is 102 Å². The average Bonchev–Trinajstić information content (AvgIpc) is 3.40. The number of fused-ring (bicyclic) bond motifs is 1. The van der Waals surface area contributed by atoms with Crippen molar-refractivity contribution in [3.63, 3.8) is 0 Å². The van der Waals surface area contributed by atoms with Crippen molar-refractivity contribution in [2.24, 2.45) is 4.99 Å². The van der Waals surface area contributed by atoms with Crippen LogP contribution in [0.3, 0.4) is 0 Å². The number of benzene rings is 1. The number of nitrogens with zero attached hydrogens (tertiary/aromatic N) is 5. The van der Waals surface area contributed by atoms with Gasteiger partial charge in [-0.3, -0.25) is 4.57 Å². The molecule has 2 N–H and O–H groups in total. The van der Waals surface area contributed by atoms with E-state index in [4.69, 9.17) is 4.42 Å². The quantitative estimate of drug-likeness (QED) is 0.193. The molecule has 0 saturated carbocycles. The molecule has 0 amide bonds. The third-order valence-electron chi connectivity index (χ3n) is 5.19. The lowest BCUT2D eigenvalue weighted by Gasteiger charge is -2.10. The summed E-state index contributed by atoms with van der Waals surface area (Å²) in [7, 11) is 0. The van der Waals surface area contributed by atoms with Gasteiger partial charge in [-0.25, -0.2) is 19.5 Å². The number of aliphatic imine (C=N–C) groups is 1. The maximum atomic E-state index is 12.4. The molecule has 1 aliphatic rings. The van der Waals surface area contributed by atoms with Crippen LogP contribution in [-0.2, 0) is 26.1 Å². The van der Waals surface area contributed by atoms with E-state index in [9.17, 15) is 4.79 Å². The van der Waals surface area contributed by atoms with Gasteiger partial charge >= 0.3 is 5.69 Å². The van der Waals surface area contributed by atoms with Gasteiger partial charge in [0.25, 0.3) is 0 Å². The molecule has 0 saturated heterocycles. The largest absolute Gasteiger partial charge is 0.444 e. The second-order valence-electron chi connectivity index (χ2n) is 7.52. The molecule has 0 spiro atoms. The van der Waals surface area contributed by atoms with Crippen LogP contribution < -0.4 is 16.3 Å². The van der Waals surface area contributed by atoms with E-state index >= 15 is 0 Å². The maximum absolute atomic E-state index is 12.4. The summed E-state index contributed by atoms with van der Waals surface area (Å²) >= 11 is 0. The van der Waals surface area contributed by atoms with E-state index < -0.39 is 0 Å². The van der Waals surface area contributed by atoms with E-state index in [2.05, 4.69) is 25.7 Å². The fourth-order valence-electron chi connectivity index (χ4n) is 3.62. The Labute approximate surface area is 204 Å². The molecule has 1 aromatic carbocycles. The normalized spacial score (nSPS) is 13.3. The molecule has 0 atom stereocenters. The monoisotopic (exact) mass is 551 g/mol. The molecule has 0 unspecified atom stereocenters. The zero-order chi connectivity index (χ0) is 21.5. The SMILES string of the molecule is CCNC(=NCc1coc(-c2ccccc2)n1)NCCCn1nc2n(c1=O)CCCC2.I. The van der Waals surface area contributed by atoms with Crippen molar-refractivity contribution < 1.29 is 4.42 Å². The van der Waals surface area contributed by atoms with Gasteiger partial charge in [0.1, 0.15) is 17.8 Å². The first-order valence-electron chi connectivity index (χ1n) is 10.9. The number of hydrogen-bond acceptors (Lipinski definition) is 5. The molecule has 4 rings (SSSR count). The Balaban J connectivity index is 0.00000289. The Bertz CT molecular complexity index is 1070. The number of aromatic nitrogens is 4. The number of guanidine groups is 1. The highest BCUT2D eigenvalue weighted by Crippen LogP contribution is 2.18. The standard InChI is InChI=1S/C22H29N7O2.HI/c1-2-23-21(25-15-18-16-31-20(26-18)17-9-4-3-5-10-17)24-12-8-14-29-22(30)28-13-7-6-11-19(28)27-29;/h3-5,9-10,16H,2,6-8,11-15H2,1H3,(H2,23,24,25);1H. The Hall–Kier alpha value is -2.63. The second kappa shape index (κ2) is 11.8. The molecule has 3 aromatic rings. The summed E-state index contributed by atoms with van der Waals surface area (Å²) in [5.41, 5.74) is 1.72. The second-order valence-corrected chi connectivity index (χ2v) is 7.52. The molecule has 2 aromatic heterocycles. The first-order valence-corrected chi connectivity index (χ1v) is 10.9. The number of oxazole rings is 1. The summed E-state index contributed by atoms with van der Waals surface area (Å²) in [6.45, 7) is 5.27. The van der Waals surface area contributed by atoms with Gasteiger partial charge in [0.05, 0.1) is 6.54 Å². The van der Waals surface area contributed by atoms with Crippen LogP contribution in [-0.4, -0.2) is 38.4 Å². The van der Waals surface area contributed by atoms with Crippen LogP contribution in [0, 0.1) is 0 Å². The van der Waals surface area contributed by atoms with Gasteiger partial charge in [-0.15, -0.1) is 24.0 Å². The van der Waals surface area contributed by atoms with E-state index in [0.29, 0.717) is 31.5 Å². The van der Waals surface area contributed by atoms with Crippen molar-refractivity contribution in [3.05, 3.63) is 58.6 Å². The molecule has 0 fully saturated rings. The molecule has 0 radical (unpaired) electrons. The van der Waals surface area contributed by atoms with Gasteiger partial charge in [-0.05, 0) is 38.3 Å². The number of halogens is 1. The van der Waals surface area contributed by atoms with Crippen LogP contribution in [0.5, 0.6) is 0 Å². The number of hydrogen-bond donors (Lipinski definition) is 2. The van der Waals surface area contributed by atoms with Crippen molar-refractivity contribution in [3.8, 4) is 11.5 Å². The van der Waals surface area contributed by atoms with Gasteiger partial charge in [-0.1, -0.05) is 18.2 Å². The summed E-state index contributed by atoms with van der Waals surface area (Å²) in [6.07, 6.45) is 5.48. The van der Waals surface area contributed by atoms with E-state index in [1.165, 1.54) is 0 Å². The van der Waals surface area contributed by atoms with E-state index in [1.807, 2.05) is 41.8 Å². The zero-order valence-corrected chi connectivity index (χ0v) is 20.6. The summed E-state index contributed by atoms with van der Waals surface area (Å²) in [5, 5.41) is 11.0.